The molecular weight excluding hydrogens is 248 g/mol. The zero-order chi connectivity index (χ0) is 14.7. The largest absolute Gasteiger partial charge is 0.491 e. The Morgan fingerprint density at radius 2 is 1.65 bits per heavy atom. The van der Waals surface area contributed by atoms with Gasteiger partial charge in [-0.15, -0.1) is 0 Å². The van der Waals surface area contributed by atoms with Gasteiger partial charge in [0.15, 0.2) is 0 Å². The SMILES string of the molecule is Cc1ccc(C(O)c2ccccc2OC(C)C)cc1C. The van der Waals surface area contributed by atoms with Crippen LogP contribution in [0.25, 0.3) is 0 Å². The lowest BCUT2D eigenvalue weighted by Gasteiger charge is -2.19. The number of para-hydroxylation sites is 1. The highest BCUT2D eigenvalue weighted by atomic mass is 16.5. The number of hydrogen-bond donors (Lipinski definition) is 1. The Kier molecular flexibility index (Phi) is 4.46. The number of ether oxygens (including phenoxy) is 1. The first kappa shape index (κ1) is 14.6. The van der Waals surface area contributed by atoms with E-state index in [0.29, 0.717) is 0 Å². The van der Waals surface area contributed by atoms with E-state index in [2.05, 4.69) is 13.8 Å². The van der Waals surface area contributed by atoms with Crippen molar-refractivity contribution in [2.45, 2.75) is 39.9 Å². The summed E-state index contributed by atoms with van der Waals surface area (Å²) >= 11 is 0. The fourth-order valence-corrected chi connectivity index (χ4v) is 2.18. The minimum Gasteiger partial charge on any atom is -0.491 e. The lowest BCUT2D eigenvalue weighted by Crippen LogP contribution is -2.10. The van der Waals surface area contributed by atoms with Crippen LogP contribution in [0.15, 0.2) is 42.5 Å². The quantitative estimate of drug-likeness (QED) is 0.903. The third kappa shape index (κ3) is 3.20. The molecule has 1 unspecified atom stereocenters. The van der Waals surface area contributed by atoms with E-state index in [-0.39, 0.29) is 6.10 Å². The summed E-state index contributed by atoms with van der Waals surface area (Å²) in [5.74, 6) is 0.744. The summed E-state index contributed by atoms with van der Waals surface area (Å²) in [5.41, 5.74) is 4.12. The minimum absolute atomic E-state index is 0.0862. The van der Waals surface area contributed by atoms with Crippen molar-refractivity contribution in [3.8, 4) is 5.75 Å². The van der Waals surface area contributed by atoms with Gasteiger partial charge in [0.2, 0.25) is 0 Å². The van der Waals surface area contributed by atoms with E-state index in [1.165, 1.54) is 11.1 Å². The van der Waals surface area contributed by atoms with Crippen LogP contribution in [-0.2, 0) is 0 Å². The van der Waals surface area contributed by atoms with Crippen LogP contribution in [0, 0.1) is 13.8 Å². The Morgan fingerprint density at radius 1 is 0.950 bits per heavy atom. The second-order valence-electron chi connectivity index (χ2n) is 5.45. The molecule has 2 nitrogen and oxygen atoms in total. The Labute approximate surface area is 121 Å². The number of hydrogen-bond acceptors (Lipinski definition) is 2. The first-order valence-electron chi connectivity index (χ1n) is 7.00. The number of aliphatic hydroxyl groups excluding tert-OH is 1. The number of rotatable bonds is 4. The van der Waals surface area contributed by atoms with Crippen LogP contribution < -0.4 is 4.74 Å². The maximum absolute atomic E-state index is 10.6. The van der Waals surface area contributed by atoms with Crippen molar-refractivity contribution >= 4 is 0 Å². The molecule has 0 heterocycles. The van der Waals surface area contributed by atoms with Crippen LogP contribution in [0.1, 0.15) is 42.2 Å². The first-order valence-corrected chi connectivity index (χ1v) is 7.00. The Hall–Kier alpha value is -1.80. The van der Waals surface area contributed by atoms with Gasteiger partial charge in [-0.3, -0.25) is 0 Å². The lowest BCUT2D eigenvalue weighted by atomic mass is 9.97. The molecule has 1 N–H and O–H groups in total. The normalized spacial score (nSPS) is 12.5. The maximum atomic E-state index is 10.6. The van der Waals surface area contributed by atoms with Gasteiger partial charge in [-0.2, -0.15) is 0 Å². The van der Waals surface area contributed by atoms with Gasteiger partial charge < -0.3 is 9.84 Å². The predicted octanol–water partition coefficient (Wildman–Crippen LogP) is 4.17. The molecule has 0 aliphatic carbocycles. The zero-order valence-electron chi connectivity index (χ0n) is 12.6. The third-order valence-electron chi connectivity index (χ3n) is 3.42. The summed E-state index contributed by atoms with van der Waals surface area (Å²) in [5, 5.41) is 10.6. The molecule has 0 saturated carbocycles. The Morgan fingerprint density at radius 3 is 2.30 bits per heavy atom. The minimum atomic E-state index is -0.663. The van der Waals surface area contributed by atoms with Crippen molar-refractivity contribution in [1.29, 1.82) is 0 Å². The lowest BCUT2D eigenvalue weighted by molar-refractivity contribution is 0.198. The van der Waals surface area contributed by atoms with Crippen molar-refractivity contribution in [3.63, 3.8) is 0 Å². The van der Waals surface area contributed by atoms with Gasteiger partial charge in [-0.25, -0.2) is 0 Å². The molecule has 0 aromatic heterocycles. The molecule has 0 amide bonds. The maximum Gasteiger partial charge on any atom is 0.125 e. The summed E-state index contributed by atoms with van der Waals surface area (Å²) in [6, 6.07) is 13.7. The van der Waals surface area contributed by atoms with Crippen molar-refractivity contribution in [3.05, 3.63) is 64.7 Å². The van der Waals surface area contributed by atoms with Gasteiger partial charge in [0, 0.05) is 5.56 Å². The fourth-order valence-electron chi connectivity index (χ4n) is 2.18. The van der Waals surface area contributed by atoms with Crippen molar-refractivity contribution in [2.75, 3.05) is 0 Å². The molecule has 0 spiro atoms. The Bertz CT molecular complexity index is 588. The fraction of sp³-hybridized carbons (Fsp3) is 0.333. The van der Waals surface area contributed by atoms with Crippen molar-refractivity contribution in [1.82, 2.24) is 0 Å². The molecule has 2 rings (SSSR count). The molecule has 2 aromatic carbocycles. The van der Waals surface area contributed by atoms with Gasteiger partial charge in [0.25, 0.3) is 0 Å². The molecule has 2 aromatic rings. The monoisotopic (exact) mass is 270 g/mol. The smallest absolute Gasteiger partial charge is 0.125 e. The first-order chi connectivity index (χ1) is 9.49. The van der Waals surface area contributed by atoms with E-state index in [9.17, 15) is 5.11 Å². The van der Waals surface area contributed by atoms with Crippen LogP contribution in [0.2, 0.25) is 0 Å². The molecule has 0 aliphatic rings. The summed E-state index contributed by atoms with van der Waals surface area (Å²) in [6.07, 6.45) is -0.577. The number of aliphatic hydroxyl groups is 1. The average molecular weight is 270 g/mol. The summed E-state index contributed by atoms with van der Waals surface area (Å²) < 4.78 is 5.78. The van der Waals surface area contributed by atoms with Gasteiger partial charge in [0.1, 0.15) is 11.9 Å². The molecule has 0 bridgehead atoms. The highest BCUT2D eigenvalue weighted by Gasteiger charge is 2.16. The number of aryl methyl sites for hydroxylation is 2. The summed E-state index contributed by atoms with van der Waals surface area (Å²) in [7, 11) is 0. The standard InChI is InChI=1S/C18H22O2/c1-12(2)20-17-8-6-5-7-16(17)18(19)15-10-9-13(3)14(4)11-15/h5-12,18-19H,1-4H3. The molecule has 2 heteroatoms. The van der Waals surface area contributed by atoms with E-state index in [4.69, 9.17) is 4.74 Å². The third-order valence-corrected chi connectivity index (χ3v) is 3.42. The topological polar surface area (TPSA) is 29.5 Å². The molecular formula is C18H22O2. The van der Waals surface area contributed by atoms with Crippen LogP contribution in [0.3, 0.4) is 0 Å². The summed E-state index contributed by atoms with van der Waals surface area (Å²) in [6.45, 7) is 8.10. The molecule has 1 atom stereocenters. The van der Waals surface area contributed by atoms with E-state index >= 15 is 0 Å². The van der Waals surface area contributed by atoms with Crippen LogP contribution in [0.4, 0.5) is 0 Å². The van der Waals surface area contributed by atoms with E-state index in [1.807, 2.05) is 56.3 Å². The van der Waals surface area contributed by atoms with Crippen LogP contribution in [-0.4, -0.2) is 11.2 Å². The van der Waals surface area contributed by atoms with E-state index in [0.717, 1.165) is 16.9 Å². The van der Waals surface area contributed by atoms with Gasteiger partial charge in [-0.05, 0) is 50.5 Å². The molecule has 0 saturated heterocycles. The van der Waals surface area contributed by atoms with Crippen LogP contribution >= 0.6 is 0 Å². The molecule has 106 valence electrons. The zero-order valence-corrected chi connectivity index (χ0v) is 12.6. The second-order valence-corrected chi connectivity index (χ2v) is 5.45. The Balaban J connectivity index is 2.37. The van der Waals surface area contributed by atoms with Crippen molar-refractivity contribution < 1.29 is 9.84 Å². The van der Waals surface area contributed by atoms with Crippen molar-refractivity contribution in [2.24, 2.45) is 0 Å². The van der Waals surface area contributed by atoms with Crippen LogP contribution in [0.5, 0.6) is 5.75 Å². The molecule has 20 heavy (non-hydrogen) atoms. The average Bonchev–Trinajstić information content (AvgIpc) is 2.41. The van der Waals surface area contributed by atoms with Gasteiger partial charge in [0.05, 0.1) is 6.10 Å². The van der Waals surface area contributed by atoms with Gasteiger partial charge in [-0.1, -0.05) is 36.4 Å². The predicted molar refractivity (Wildman–Crippen MR) is 82.2 cm³/mol. The number of benzene rings is 2. The molecule has 0 aliphatic heterocycles. The summed E-state index contributed by atoms with van der Waals surface area (Å²) in [4.78, 5) is 0. The highest BCUT2D eigenvalue weighted by Crippen LogP contribution is 2.31. The molecule has 0 radical (unpaired) electrons. The second kappa shape index (κ2) is 6.10. The van der Waals surface area contributed by atoms with Gasteiger partial charge >= 0.3 is 0 Å². The molecule has 0 fully saturated rings. The van der Waals surface area contributed by atoms with E-state index < -0.39 is 6.10 Å². The van der Waals surface area contributed by atoms with E-state index in [1.54, 1.807) is 0 Å². The highest BCUT2D eigenvalue weighted by molar-refractivity contribution is 5.42.